The summed E-state index contributed by atoms with van der Waals surface area (Å²) in [5.74, 6) is 1.15. The van der Waals surface area contributed by atoms with Crippen LogP contribution in [0.4, 0.5) is 0 Å². The molecule has 1 heterocycles. The highest BCUT2D eigenvalue weighted by atomic mass is 32.2. The van der Waals surface area contributed by atoms with Gasteiger partial charge in [-0.3, -0.25) is 9.89 Å². The Balaban J connectivity index is 1.81. The van der Waals surface area contributed by atoms with Gasteiger partial charge in [-0.2, -0.15) is 16.9 Å². The van der Waals surface area contributed by atoms with Gasteiger partial charge < -0.3 is 5.32 Å². The fourth-order valence-electron chi connectivity index (χ4n) is 2.10. The Morgan fingerprint density at radius 2 is 2.56 bits per heavy atom. The van der Waals surface area contributed by atoms with E-state index < -0.39 is 0 Å². The second-order valence-electron chi connectivity index (χ2n) is 4.05. The molecule has 0 bridgehead atoms. The van der Waals surface area contributed by atoms with E-state index in [4.69, 9.17) is 0 Å². The maximum atomic E-state index is 11.7. The van der Waals surface area contributed by atoms with E-state index in [2.05, 4.69) is 22.4 Å². The van der Waals surface area contributed by atoms with Crippen LogP contribution in [0.2, 0.25) is 0 Å². The molecule has 0 aliphatic heterocycles. The molecule has 2 N–H and O–H groups in total. The van der Waals surface area contributed by atoms with Gasteiger partial charge in [-0.25, -0.2) is 0 Å². The number of carbonyl (C=O) groups excluding carboxylic acids is 1. The monoisotopic (exact) mass is 239 g/mol. The van der Waals surface area contributed by atoms with E-state index in [-0.39, 0.29) is 5.91 Å². The highest BCUT2D eigenvalue weighted by Crippen LogP contribution is 2.29. The Kier molecular flexibility index (Phi) is 3.88. The molecule has 0 aromatic carbocycles. The molecule has 1 aliphatic carbocycles. The van der Waals surface area contributed by atoms with Gasteiger partial charge in [0.05, 0.1) is 11.8 Å². The number of aromatic amines is 1. The first-order valence-corrected chi connectivity index (χ1v) is 6.75. The third-order valence-electron chi connectivity index (χ3n) is 2.88. The summed E-state index contributed by atoms with van der Waals surface area (Å²) in [5, 5.41) is 10.2. The summed E-state index contributed by atoms with van der Waals surface area (Å²) in [4.78, 5) is 11.7. The third kappa shape index (κ3) is 2.78. The molecule has 2 unspecified atom stereocenters. The first kappa shape index (κ1) is 11.5. The van der Waals surface area contributed by atoms with Crippen LogP contribution in [0, 0.1) is 0 Å². The number of hydrogen-bond donors (Lipinski definition) is 2. The zero-order chi connectivity index (χ0) is 11.4. The number of nitrogens with one attached hydrogen (secondary N) is 2. The number of nitrogens with zero attached hydrogens (tertiary/aromatic N) is 1. The molecule has 1 aromatic heterocycles. The van der Waals surface area contributed by atoms with Crippen molar-refractivity contribution in [1.82, 2.24) is 15.5 Å². The molecule has 1 amide bonds. The molecular weight excluding hydrogens is 222 g/mol. The Labute approximate surface area is 99.6 Å². The Hall–Kier alpha value is -0.970. The number of carbonyl (C=O) groups is 1. The largest absolute Gasteiger partial charge is 0.349 e. The molecule has 2 atom stereocenters. The van der Waals surface area contributed by atoms with E-state index in [0.29, 0.717) is 11.6 Å². The third-order valence-corrected chi connectivity index (χ3v) is 4.12. The number of H-pyrrole nitrogens is 1. The van der Waals surface area contributed by atoms with Crippen molar-refractivity contribution in [1.29, 1.82) is 0 Å². The maximum absolute atomic E-state index is 11.7. The van der Waals surface area contributed by atoms with Crippen LogP contribution in [0.5, 0.6) is 0 Å². The number of thioether (sulfide) groups is 1. The second-order valence-corrected chi connectivity index (χ2v) is 5.63. The van der Waals surface area contributed by atoms with Gasteiger partial charge >= 0.3 is 0 Å². The van der Waals surface area contributed by atoms with Crippen molar-refractivity contribution in [2.24, 2.45) is 0 Å². The van der Waals surface area contributed by atoms with Crippen LogP contribution in [-0.4, -0.2) is 33.1 Å². The molecule has 88 valence electrons. The van der Waals surface area contributed by atoms with Crippen LogP contribution >= 0.6 is 11.8 Å². The van der Waals surface area contributed by atoms with Gasteiger partial charge in [0.2, 0.25) is 0 Å². The van der Waals surface area contributed by atoms with E-state index in [9.17, 15) is 4.79 Å². The molecule has 16 heavy (non-hydrogen) atoms. The Morgan fingerprint density at radius 1 is 1.69 bits per heavy atom. The molecule has 0 spiro atoms. The van der Waals surface area contributed by atoms with Gasteiger partial charge in [0.15, 0.2) is 0 Å². The summed E-state index contributed by atoms with van der Waals surface area (Å²) in [7, 11) is 0. The fraction of sp³-hybridized carbons (Fsp3) is 0.636. The van der Waals surface area contributed by atoms with E-state index in [1.54, 1.807) is 12.4 Å². The van der Waals surface area contributed by atoms with Crippen molar-refractivity contribution < 1.29 is 4.79 Å². The Morgan fingerprint density at radius 3 is 3.25 bits per heavy atom. The van der Waals surface area contributed by atoms with E-state index in [1.165, 1.54) is 6.42 Å². The average molecular weight is 239 g/mol. The van der Waals surface area contributed by atoms with Crippen LogP contribution in [0.25, 0.3) is 0 Å². The quantitative estimate of drug-likeness (QED) is 0.842. The summed E-state index contributed by atoms with van der Waals surface area (Å²) in [6.07, 6.45) is 6.60. The predicted molar refractivity (Wildman–Crippen MR) is 65.6 cm³/mol. The topological polar surface area (TPSA) is 57.8 Å². The summed E-state index contributed by atoms with van der Waals surface area (Å²) >= 11 is 2.00. The molecule has 5 heteroatoms. The molecule has 1 aromatic rings. The number of hydrogen-bond acceptors (Lipinski definition) is 3. The summed E-state index contributed by atoms with van der Waals surface area (Å²) in [6.45, 7) is 2.18. The van der Waals surface area contributed by atoms with E-state index in [0.717, 1.165) is 23.8 Å². The van der Waals surface area contributed by atoms with Crippen LogP contribution < -0.4 is 5.32 Å². The standard InChI is InChI=1S/C11H17N3OS/c1-2-16-10-4-3-9(5-10)14-11(15)8-6-12-13-7-8/h6-7,9-10H,2-5H2,1H3,(H,12,13)(H,14,15). The average Bonchev–Trinajstić information content (AvgIpc) is 2.89. The summed E-state index contributed by atoms with van der Waals surface area (Å²) < 4.78 is 0. The normalized spacial score (nSPS) is 24.6. The van der Waals surface area contributed by atoms with Crippen molar-refractivity contribution in [3.8, 4) is 0 Å². The maximum Gasteiger partial charge on any atom is 0.254 e. The van der Waals surface area contributed by atoms with Crippen molar-refractivity contribution in [2.75, 3.05) is 5.75 Å². The molecule has 1 saturated carbocycles. The minimum Gasteiger partial charge on any atom is -0.349 e. The van der Waals surface area contributed by atoms with Crippen LogP contribution in [0.1, 0.15) is 36.5 Å². The fourth-order valence-corrected chi connectivity index (χ4v) is 3.24. The van der Waals surface area contributed by atoms with Gasteiger partial charge in [-0.05, 0) is 25.0 Å². The highest BCUT2D eigenvalue weighted by molar-refractivity contribution is 7.99. The first-order chi connectivity index (χ1) is 7.79. The zero-order valence-corrected chi connectivity index (χ0v) is 10.2. The van der Waals surface area contributed by atoms with Gasteiger partial charge in [-0.1, -0.05) is 6.92 Å². The lowest BCUT2D eigenvalue weighted by Gasteiger charge is -2.12. The van der Waals surface area contributed by atoms with Crippen LogP contribution in [-0.2, 0) is 0 Å². The molecule has 1 aliphatic rings. The van der Waals surface area contributed by atoms with Gasteiger partial charge in [-0.15, -0.1) is 0 Å². The SMILES string of the molecule is CCSC1CCC(NC(=O)c2cn[nH]c2)C1. The Bertz CT molecular complexity index is 339. The van der Waals surface area contributed by atoms with E-state index >= 15 is 0 Å². The summed E-state index contributed by atoms with van der Waals surface area (Å²) in [5.41, 5.74) is 0.617. The minimum absolute atomic E-state index is 0.0131. The molecule has 0 saturated heterocycles. The van der Waals surface area contributed by atoms with Crippen molar-refractivity contribution in [3.63, 3.8) is 0 Å². The van der Waals surface area contributed by atoms with Crippen molar-refractivity contribution >= 4 is 17.7 Å². The van der Waals surface area contributed by atoms with Crippen molar-refractivity contribution in [3.05, 3.63) is 18.0 Å². The van der Waals surface area contributed by atoms with Crippen molar-refractivity contribution in [2.45, 2.75) is 37.5 Å². The first-order valence-electron chi connectivity index (χ1n) is 5.71. The summed E-state index contributed by atoms with van der Waals surface area (Å²) in [6, 6.07) is 0.339. The lowest BCUT2D eigenvalue weighted by molar-refractivity contribution is 0.0938. The van der Waals surface area contributed by atoms with Gasteiger partial charge in [0.25, 0.3) is 5.91 Å². The van der Waals surface area contributed by atoms with Crippen LogP contribution in [0.15, 0.2) is 12.4 Å². The lowest BCUT2D eigenvalue weighted by Crippen LogP contribution is -2.32. The minimum atomic E-state index is -0.0131. The number of amides is 1. The smallest absolute Gasteiger partial charge is 0.254 e. The molecular formula is C11H17N3OS. The number of rotatable bonds is 4. The highest BCUT2D eigenvalue weighted by Gasteiger charge is 2.26. The molecule has 0 radical (unpaired) electrons. The van der Waals surface area contributed by atoms with Crippen LogP contribution in [0.3, 0.4) is 0 Å². The van der Waals surface area contributed by atoms with Gasteiger partial charge in [0, 0.05) is 17.5 Å². The van der Waals surface area contributed by atoms with Gasteiger partial charge in [0.1, 0.15) is 0 Å². The number of aromatic nitrogens is 2. The lowest BCUT2D eigenvalue weighted by atomic mass is 10.2. The zero-order valence-electron chi connectivity index (χ0n) is 9.40. The molecule has 2 rings (SSSR count). The molecule has 4 nitrogen and oxygen atoms in total. The van der Waals surface area contributed by atoms with E-state index in [1.807, 2.05) is 11.8 Å². The predicted octanol–water partition coefficient (Wildman–Crippen LogP) is 1.81. The second kappa shape index (κ2) is 5.39. The molecule has 1 fully saturated rings.